The molecule has 2 aliphatic rings. The minimum Gasteiger partial charge on any atom is -0.507 e. The van der Waals surface area contributed by atoms with Crippen LogP contribution in [0.1, 0.15) is 92.8 Å². The summed E-state index contributed by atoms with van der Waals surface area (Å²) < 4.78 is 14.9. The van der Waals surface area contributed by atoms with Crippen molar-refractivity contribution in [3.05, 3.63) is 128 Å². The lowest BCUT2D eigenvalue weighted by molar-refractivity contribution is -0.159. The van der Waals surface area contributed by atoms with Crippen LogP contribution in [0.4, 0.5) is 0 Å². The van der Waals surface area contributed by atoms with Gasteiger partial charge in [0.05, 0.1) is 0 Å². The summed E-state index contributed by atoms with van der Waals surface area (Å²) in [6.07, 6.45) is 2.70. The van der Waals surface area contributed by atoms with Gasteiger partial charge in [-0.15, -0.1) is 0 Å². The largest absolute Gasteiger partial charge is 0.507 e. The summed E-state index contributed by atoms with van der Waals surface area (Å²) >= 11 is 3.56. The highest BCUT2D eigenvalue weighted by Gasteiger charge is 2.48. The molecule has 41 heavy (non-hydrogen) atoms. The van der Waals surface area contributed by atoms with E-state index in [1.165, 1.54) is 0 Å². The van der Waals surface area contributed by atoms with Crippen molar-refractivity contribution in [2.24, 2.45) is 0 Å². The van der Waals surface area contributed by atoms with Gasteiger partial charge in [0.1, 0.15) is 17.3 Å². The van der Waals surface area contributed by atoms with E-state index in [4.69, 9.17) is 9.47 Å². The van der Waals surface area contributed by atoms with Crippen molar-refractivity contribution in [2.45, 2.75) is 70.5 Å². The first-order chi connectivity index (χ1) is 19.4. The second kappa shape index (κ2) is 9.80. The second-order valence-corrected chi connectivity index (χ2v) is 14.2. The molecule has 2 atom stereocenters. The number of phenolic OH excluding ortho intramolecular Hbond substituents is 1. The molecule has 0 radical (unpaired) electrons. The monoisotopic (exact) mass is 608 g/mol. The zero-order valence-electron chi connectivity index (χ0n) is 24.6. The fourth-order valence-corrected chi connectivity index (χ4v) is 6.38. The molecular weight excluding hydrogens is 572 g/mol. The topological polar surface area (TPSA) is 38.7 Å². The fourth-order valence-electron chi connectivity index (χ4n) is 6.12. The molecule has 4 aromatic carbocycles. The summed E-state index contributed by atoms with van der Waals surface area (Å²) in [4.78, 5) is 0. The van der Waals surface area contributed by atoms with Crippen molar-refractivity contribution in [3.63, 3.8) is 0 Å². The van der Waals surface area contributed by atoms with E-state index in [1.807, 2.05) is 24.3 Å². The van der Waals surface area contributed by atoms with E-state index in [1.54, 1.807) is 0 Å². The van der Waals surface area contributed by atoms with Gasteiger partial charge >= 0.3 is 0 Å². The van der Waals surface area contributed by atoms with Gasteiger partial charge in [-0.25, -0.2) is 0 Å². The predicted octanol–water partition coefficient (Wildman–Crippen LogP) is 10.0. The summed E-state index contributed by atoms with van der Waals surface area (Å²) in [6, 6.07) is 29.3. The molecule has 0 aromatic heterocycles. The molecule has 0 saturated heterocycles. The number of phenols is 1. The molecule has 0 amide bonds. The molecule has 0 fully saturated rings. The molecular formula is C37H37BrO3. The second-order valence-electron chi connectivity index (χ2n) is 13.3. The van der Waals surface area contributed by atoms with Crippen LogP contribution in [0.5, 0.6) is 11.5 Å². The Balaban J connectivity index is 1.56. The number of ether oxygens (including phenoxy) is 2. The zero-order chi connectivity index (χ0) is 29.2. The maximum absolute atomic E-state index is 11.5. The molecule has 1 spiro atoms. The zero-order valence-corrected chi connectivity index (χ0v) is 26.2. The highest BCUT2D eigenvalue weighted by Crippen LogP contribution is 2.54. The Hall–Kier alpha value is -3.50. The van der Waals surface area contributed by atoms with Crippen molar-refractivity contribution in [1.82, 2.24) is 0 Å². The van der Waals surface area contributed by atoms with Crippen LogP contribution in [0.3, 0.4) is 0 Å². The molecule has 0 saturated carbocycles. The first-order valence-corrected chi connectivity index (χ1v) is 15.1. The van der Waals surface area contributed by atoms with Crippen LogP contribution in [-0.2, 0) is 21.4 Å². The van der Waals surface area contributed by atoms with Crippen LogP contribution in [0, 0.1) is 0 Å². The Bertz CT molecular complexity index is 1620. The van der Waals surface area contributed by atoms with E-state index in [9.17, 15) is 5.11 Å². The van der Waals surface area contributed by atoms with Crippen LogP contribution in [0.2, 0.25) is 0 Å². The number of benzene rings is 4. The van der Waals surface area contributed by atoms with Crippen LogP contribution in [-0.4, -0.2) is 5.11 Å². The summed E-state index contributed by atoms with van der Waals surface area (Å²) in [5.41, 5.74) is 6.85. The third kappa shape index (κ3) is 4.97. The third-order valence-corrected chi connectivity index (χ3v) is 8.78. The summed E-state index contributed by atoms with van der Waals surface area (Å²) in [5.74, 6) is 0.960. The van der Waals surface area contributed by atoms with Gasteiger partial charge in [-0.05, 0) is 57.4 Å². The molecule has 4 heteroatoms. The first kappa shape index (κ1) is 27.7. The van der Waals surface area contributed by atoms with E-state index in [-0.39, 0.29) is 16.7 Å². The maximum atomic E-state index is 11.5. The molecule has 6 rings (SSSR count). The van der Waals surface area contributed by atoms with Gasteiger partial charge in [-0.2, -0.15) is 0 Å². The van der Waals surface area contributed by atoms with E-state index in [0.29, 0.717) is 12.2 Å². The van der Waals surface area contributed by atoms with Crippen LogP contribution < -0.4 is 4.74 Å². The lowest BCUT2D eigenvalue weighted by atomic mass is 9.73. The lowest BCUT2D eigenvalue weighted by Crippen LogP contribution is -2.43. The van der Waals surface area contributed by atoms with Crippen LogP contribution >= 0.6 is 15.9 Å². The molecule has 2 heterocycles. The van der Waals surface area contributed by atoms with Crippen molar-refractivity contribution in [2.75, 3.05) is 0 Å². The number of rotatable bonds is 2. The molecule has 210 valence electrons. The van der Waals surface area contributed by atoms with Gasteiger partial charge in [0.2, 0.25) is 0 Å². The third-order valence-electron chi connectivity index (χ3n) is 8.25. The minimum absolute atomic E-state index is 0.0138. The van der Waals surface area contributed by atoms with Gasteiger partial charge in [0.15, 0.2) is 0 Å². The molecule has 0 unspecified atom stereocenters. The van der Waals surface area contributed by atoms with E-state index >= 15 is 0 Å². The summed E-state index contributed by atoms with van der Waals surface area (Å²) in [7, 11) is 0. The highest BCUT2D eigenvalue weighted by molar-refractivity contribution is 9.10. The number of para-hydroxylation sites is 1. The Morgan fingerprint density at radius 3 is 2.05 bits per heavy atom. The average Bonchev–Trinajstić information content (AvgIpc) is 2.92. The highest BCUT2D eigenvalue weighted by atomic mass is 79.9. The Morgan fingerprint density at radius 2 is 1.39 bits per heavy atom. The molecule has 4 aromatic rings. The molecule has 3 nitrogen and oxygen atoms in total. The minimum atomic E-state index is -1.02. The average molecular weight is 610 g/mol. The Morgan fingerprint density at radius 1 is 0.780 bits per heavy atom. The normalized spacial score (nSPS) is 20.0. The first-order valence-electron chi connectivity index (χ1n) is 14.3. The van der Waals surface area contributed by atoms with E-state index in [0.717, 1.165) is 54.9 Å². The molecule has 1 N–H and O–H groups in total. The number of fused-ring (bicyclic) bond motifs is 3. The smallest absolute Gasteiger partial charge is 0.279 e. The summed E-state index contributed by atoms with van der Waals surface area (Å²) in [6.45, 7) is 13.0. The van der Waals surface area contributed by atoms with E-state index < -0.39 is 5.79 Å². The Labute approximate surface area is 252 Å². The standard InChI is InChI=1S/C37H37BrO3/c1-35(2,3)30-19-25(20-31(34(30)39)36(4,5)6)28-22-37(40-32-14-10-8-12-27(28)32)29-13-9-7-11-24(29)21-33(41-37)23-15-17-26(38)18-16-23/h7-21,28,39H,22H2,1-6H3/t28-,37-/m1/s1. The van der Waals surface area contributed by atoms with Crippen molar-refractivity contribution in [1.29, 1.82) is 0 Å². The van der Waals surface area contributed by atoms with Gasteiger partial charge in [0, 0.05) is 33.5 Å². The van der Waals surface area contributed by atoms with Crippen molar-refractivity contribution in [3.8, 4) is 11.5 Å². The lowest BCUT2D eigenvalue weighted by Gasteiger charge is -2.45. The number of halogens is 1. The van der Waals surface area contributed by atoms with Crippen LogP contribution in [0.15, 0.2) is 89.4 Å². The molecule has 0 aliphatic carbocycles. The Kier molecular flexibility index (Phi) is 6.61. The van der Waals surface area contributed by atoms with Crippen molar-refractivity contribution < 1.29 is 14.6 Å². The SMILES string of the molecule is CC(C)(C)c1cc([C@H]2C[C@]3(OC(c4ccc(Br)cc4)=Cc4ccccc43)Oc3ccccc32)cc(C(C)(C)C)c1O. The molecule has 2 aliphatic heterocycles. The van der Waals surface area contributed by atoms with Gasteiger partial charge in [0.25, 0.3) is 5.79 Å². The van der Waals surface area contributed by atoms with Gasteiger partial charge in [-0.1, -0.05) is 124 Å². The number of hydrogen-bond donors (Lipinski definition) is 1. The fraction of sp³-hybridized carbons (Fsp3) is 0.297. The molecule has 0 bridgehead atoms. The predicted molar refractivity (Wildman–Crippen MR) is 170 cm³/mol. The number of aromatic hydroxyl groups is 1. The van der Waals surface area contributed by atoms with Crippen LogP contribution in [0.25, 0.3) is 11.8 Å². The van der Waals surface area contributed by atoms with Gasteiger partial charge in [-0.3, -0.25) is 0 Å². The maximum Gasteiger partial charge on any atom is 0.279 e. The van der Waals surface area contributed by atoms with Gasteiger partial charge < -0.3 is 14.6 Å². The van der Waals surface area contributed by atoms with Crippen molar-refractivity contribution >= 4 is 27.8 Å². The quantitative estimate of drug-likeness (QED) is 0.246. The summed E-state index contributed by atoms with van der Waals surface area (Å²) in [5, 5.41) is 11.5. The number of hydrogen-bond acceptors (Lipinski definition) is 3. The van der Waals surface area contributed by atoms with E-state index in [2.05, 4.69) is 124 Å².